The maximum absolute atomic E-state index is 5.45. The molecule has 0 spiro atoms. The van der Waals surface area contributed by atoms with Gasteiger partial charge in [-0.15, -0.1) is 0 Å². The first-order chi connectivity index (χ1) is 4.18. The molecule has 0 saturated heterocycles. The SMILES string of the molecule is CBBOB(C)B(C)C. The van der Waals surface area contributed by atoms with Crippen molar-refractivity contribution in [1.29, 1.82) is 0 Å². The zero-order chi connectivity index (χ0) is 7.28. The average molecular weight is 121 g/mol. The molecule has 0 aromatic heterocycles. The van der Waals surface area contributed by atoms with Crippen LogP contribution in [0.1, 0.15) is 0 Å². The summed E-state index contributed by atoms with van der Waals surface area (Å²) in [4.78, 5) is 0. The predicted molar refractivity (Wildman–Crippen MR) is 50.3 cm³/mol. The van der Waals surface area contributed by atoms with E-state index in [2.05, 4.69) is 27.3 Å². The van der Waals surface area contributed by atoms with Gasteiger partial charge >= 0.3 is 0 Å². The second kappa shape index (κ2) is 5.04. The second-order valence-electron chi connectivity index (χ2n) is 2.82. The summed E-state index contributed by atoms with van der Waals surface area (Å²) in [6, 6.07) is 0. The normalized spacial score (nSPS) is 8.44. The van der Waals surface area contributed by atoms with Crippen molar-refractivity contribution in [2.75, 3.05) is 0 Å². The maximum atomic E-state index is 5.45. The Morgan fingerprint density at radius 2 is 1.78 bits per heavy atom. The van der Waals surface area contributed by atoms with E-state index in [9.17, 15) is 0 Å². The molecule has 0 radical (unpaired) electrons. The van der Waals surface area contributed by atoms with Crippen molar-refractivity contribution in [2.45, 2.75) is 27.3 Å². The molecule has 5 heteroatoms. The molecule has 48 valence electrons. The zero-order valence-electron chi connectivity index (χ0n) is 6.98. The fraction of sp³-hybridized carbons (Fsp3) is 1.00. The van der Waals surface area contributed by atoms with Crippen molar-refractivity contribution in [3.8, 4) is 0 Å². The topological polar surface area (TPSA) is 9.23 Å². The lowest BCUT2D eigenvalue weighted by Gasteiger charge is -2.09. The second-order valence-corrected chi connectivity index (χ2v) is 2.82. The maximum Gasteiger partial charge on any atom is 0.231 e. The molecule has 0 N–H and O–H groups in total. The van der Waals surface area contributed by atoms with Crippen LogP contribution in [0.3, 0.4) is 0 Å². The summed E-state index contributed by atoms with van der Waals surface area (Å²) >= 11 is 0. The Balaban J connectivity index is 3.16. The molecular formula is C4H14B4O. The molecule has 0 aromatic carbocycles. The van der Waals surface area contributed by atoms with Crippen LogP contribution in [0.25, 0.3) is 0 Å². The van der Waals surface area contributed by atoms with Crippen LogP contribution in [0, 0.1) is 0 Å². The molecule has 0 saturated carbocycles. The summed E-state index contributed by atoms with van der Waals surface area (Å²) in [5.74, 6) is 0. The van der Waals surface area contributed by atoms with E-state index in [1.165, 1.54) is 0 Å². The van der Waals surface area contributed by atoms with E-state index in [1.807, 2.05) is 0 Å². The fourth-order valence-corrected chi connectivity index (χ4v) is 0.496. The molecule has 0 aliphatic rings. The van der Waals surface area contributed by atoms with Crippen molar-refractivity contribution in [1.82, 2.24) is 0 Å². The zero-order valence-corrected chi connectivity index (χ0v) is 6.98. The molecule has 1 nitrogen and oxygen atoms in total. The summed E-state index contributed by atoms with van der Waals surface area (Å²) in [5.41, 5.74) is 0. The largest absolute Gasteiger partial charge is 0.513 e. The molecule has 0 fully saturated rings. The van der Waals surface area contributed by atoms with Gasteiger partial charge in [-0.05, 0) is 0 Å². The Bertz CT molecular complexity index is 67.6. The molecule has 0 atom stereocenters. The third-order valence-electron chi connectivity index (χ3n) is 1.52. The molecule has 0 rings (SSSR count). The summed E-state index contributed by atoms with van der Waals surface area (Å²) < 4.78 is 5.45. The summed E-state index contributed by atoms with van der Waals surface area (Å²) in [5, 5.41) is 0. The van der Waals surface area contributed by atoms with Gasteiger partial charge in [0.1, 0.15) is 13.8 Å². The lowest BCUT2D eigenvalue weighted by molar-refractivity contribution is 0.652. The first-order valence-corrected chi connectivity index (χ1v) is 3.80. The van der Waals surface area contributed by atoms with Crippen molar-refractivity contribution in [3.63, 3.8) is 0 Å². The molecule has 0 aliphatic carbocycles. The molecular weight excluding hydrogens is 107 g/mol. The number of hydrogen-bond donors (Lipinski definition) is 0. The predicted octanol–water partition coefficient (Wildman–Crippen LogP) is 0.208. The van der Waals surface area contributed by atoms with Gasteiger partial charge in [0.2, 0.25) is 14.2 Å². The Morgan fingerprint density at radius 3 is 2.11 bits per heavy atom. The van der Waals surface area contributed by atoms with Crippen LogP contribution in [0.4, 0.5) is 0 Å². The van der Waals surface area contributed by atoms with E-state index in [0.717, 1.165) is 14.5 Å². The van der Waals surface area contributed by atoms with Gasteiger partial charge in [-0.2, -0.15) is 0 Å². The Morgan fingerprint density at radius 1 is 1.22 bits per heavy atom. The molecule has 0 aromatic rings. The molecule has 0 unspecified atom stereocenters. The molecule has 0 aliphatic heterocycles. The fourth-order valence-electron chi connectivity index (χ4n) is 0.496. The highest BCUT2D eigenvalue weighted by atomic mass is 16.4. The highest BCUT2D eigenvalue weighted by Gasteiger charge is 2.14. The quantitative estimate of drug-likeness (QED) is 0.483. The number of rotatable bonds is 4. The minimum Gasteiger partial charge on any atom is -0.513 e. The van der Waals surface area contributed by atoms with E-state index < -0.39 is 0 Å². The lowest BCUT2D eigenvalue weighted by Crippen LogP contribution is -2.32. The van der Waals surface area contributed by atoms with Gasteiger partial charge in [-0.25, -0.2) is 0 Å². The van der Waals surface area contributed by atoms with Gasteiger partial charge in [0.15, 0.2) is 0 Å². The number of hydrogen-bond acceptors (Lipinski definition) is 1. The Hall–Kier alpha value is 0.220. The minimum absolute atomic E-state index is 0.421. The summed E-state index contributed by atoms with van der Waals surface area (Å²) in [6.07, 6.45) is 0. The van der Waals surface area contributed by atoms with Gasteiger partial charge < -0.3 is 4.57 Å². The Kier molecular flexibility index (Phi) is 5.16. The third-order valence-corrected chi connectivity index (χ3v) is 1.52. The van der Waals surface area contributed by atoms with Crippen molar-refractivity contribution >= 4 is 28.0 Å². The smallest absolute Gasteiger partial charge is 0.231 e. The molecule has 9 heavy (non-hydrogen) atoms. The average Bonchev–Trinajstić information content (AvgIpc) is 1.82. The van der Waals surface area contributed by atoms with Crippen LogP contribution in [0.5, 0.6) is 0 Å². The van der Waals surface area contributed by atoms with Crippen molar-refractivity contribution in [2.24, 2.45) is 0 Å². The van der Waals surface area contributed by atoms with Gasteiger partial charge in [-0.3, -0.25) is 0 Å². The lowest BCUT2D eigenvalue weighted by atomic mass is 9.19. The monoisotopic (exact) mass is 122 g/mol. The van der Waals surface area contributed by atoms with Crippen molar-refractivity contribution in [3.05, 3.63) is 0 Å². The van der Waals surface area contributed by atoms with E-state index in [4.69, 9.17) is 4.57 Å². The van der Waals surface area contributed by atoms with Gasteiger partial charge in [0.05, 0.1) is 0 Å². The van der Waals surface area contributed by atoms with E-state index >= 15 is 0 Å². The third kappa shape index (κ3) is 4.71. The van der Waals surface area contributed by atoms with Crippen LogP contribution in [-0.2, 0) is 4.57 Å². The molecule has 0 amide bonds. The molecule has 0 bridgehead atoms. The Labute approximate surface area is 60.6 Å². The highest BCUT2D eigenvalue weighted by molar-refractivity contribution is 7.20. The molecule has 0 heterocycles. The van der Waals surface area contributed by atoms with Crippen LogP contribution < -0.4 is 0 Å². The van der Waals surface area contributed by atoms with Crippen LogP contribution in [0.2, 0.25) is 27.3 Å². The van der Waals surface area contributed by atoms with E-state index in [1.54, 1.807) is 0 Å². The van der Waals surface area contributed by atoms with Gasteiger partial charge in [0.25, 0.3) is 0 Å². The summed E-state index contributed by atoms with van der Waals surface area (Å²) in [6.45, 7) is 9.69. The minimum atomic E-state index is 0.421. The highest BCUT2D eigenvalue weighted by Crippen LogP contribution is 1.89. The van der Waals surface area contributed by atoms with Crippen molar-refractivity contribution < 1.29 is 4.57 Å². The van der Waals surface area contributed by atoms with Crippen LogP contribution in [0.15, 0.2) is 0 Å². The van der Waals surface area contributed by atoms with Gasteiger partial charge in [0, 0.05) is 0 Å². The van der Waals surface area contributed by atoms with Crippen LogP contribution in [-0.4, -0.2) is 28.0 Å². The van der Waals surface area contributed by atoms with E-state index in [0.29, 0.717) is 13.4 Å². The van der Waals surface area contributed by atoms with Gasteiger partial charge in [-0.1, -0.05) is 27.3 Å². The standard InChI is InChI=1S/C4H14B4O/c1-5-6-9-8(4)7(2)3/h5-6H,1-4H3. The first-order valence-electron chi connectivity index (χ1n) is 3.80. The summed E-state index contributed by atoms with van der Waals surface area (Å²) in [7, 11) is 2.02. The first kappa shape index (κ1) is 9.22. The van der Waals surface area contributed by atoms with E-state index in [-0.39, 0.29) is 0 Å². The van der Waals surface area contributed by atoms with Crippen LogP contribution >= 0.6 is 0 Å².